The zero-order valence-corrected chi connectivity index (χ0v) is 16.8. The number of nitrogens with zero attached hydrogens (tertiary/aromatic N) is 1. The van der Waals surface area contributed by atoms with E-state index < -0.39 is 8.07 Å². The molecule has 4 heterocycles. The molecule has 0 fully saturated rings. The third kappa shape index (κ3) is 1.54. The Morgan fingerprint density at radius 2 is 1.36 bits per heavy atom. The van der Waals surface area contributed by atoms with Crippen LogP contribution < -0.4 is 20.1 Å². The molecule has 130 valence electrons. The van der Waals surface area contributed by atoms with Crippen LogP contribution in [0, 0.1) is 0 Å². The normalized spacial score (nSPS) is 14.7. The minimum atomic E-state index is -2.31. The summed E-state index contributed by atoms with van der Waals surface area (Å²) in [5, 5.41) is 9.40. The summed E-state index contributed by atoms with van der Waals surface area (Å²) < 4.78 is 1.55. The van der Waals surface area contributed by atoms with Crippen LogP contribution in [0.1, 0.15) is 0 Å². The number of benzene rings is 3. The minimum absolute atomic E-state index is 1.20. The van der Waals surface area contributed by atoms with Gasteiger partial charge in [-0.05, 0) is 48.9 Å². The average molecular weight is 390 g/mol. The van der Waals surface area contributed by atoms with Crippen LogP contribution in [-0.4, -0.2) is 13.1 Å². The first-order valence-electron chi connectivity index (χ1n) is 9.56. The Morgan fingerprint density at radius 1 is 0.679 bits per heavy atom. The fourth-order valence-corrected chi connectivity index (χ4v) is 13.2. The van der Waals surface area contributed by atoms with Gasteiger partial charge in [0.25, 0.3) is 0 Å². The Kier molecular flexibility index (Phi) is 2.71. The van der Waals surface area contributed by atoms with Gasteiger partial charge in [0.15, 0.2) is 8.07 Å². The van der Waals surface area contributed by atoms with Gasteiger partial charge in [-0.25, -0.2) is 0 Å². The lowest BCUT2D eigenvalue weighted by Gasteiger charge is -2.27. The molecular weight excluding hydrogens is 374 g/mol. The Bertz CT molecular complexity index is 1390. The zero-order chi connectivity index (χ0) is 18.3. The van der Waals surface area contributed by atoms with Crippen LogP contribution in [0.25, 0.3) is 33.2 Å². The van der Waals surface area contributed by atoms with Gasteiger partial charge in [0.1, 0.15) is 0 Å². The van der Waals surface area contributed by atoms with Gasteiger partial charge in [0.2, 0.25) is 0 Å². The first-order chi connectivity index (χ1) is 13.9. The summed E-state index contributed by atoms with van der Waals surface area (Å²) in [4.78, 5) is 5.01. The Hall–Kier alpha value is -3.01. The van der Waals surface area contributed by atoms with Crippen molar-refractivity contribution in [2.45, 2.75) is 0 Å². The molecule has 3 heteroatoms. The van der Waals surface area contributed by atoms with Crippen LogP contribution in [0.5, 0.6) is 0 Å². The molecule has 0 saturated heterocycles. The maximum atomic E-state index is 5.01. The number of aromatic nitrogens is 1. The molecule has 0 amide bonds. The van der Waals surface area contributed by atoms with Gasteiger partial charge < -0.3 is 0 Å². The van der Waals surface area contributed by atoms with Gasteiger partial charge in [-0.2, -0.15) is 11.3 Å². The van der Waals surface area contributed by atoms with E-state index in [1.165, 1.54) is 48.7 Å². The minimum Gasteiger partial charge on any atom is -0.256 e. The zero-order valence-electron chi connectivity index (χ0n) is 15.0. The van der Waals surface area contributed by atoms with E-state index in [0.29, 0.717) is 0 Å². The van der Waals surface area contributed by atoms with Crippen molar-refractivity contribution >= 4 is 50.2 Å². The third-order valence-corrected chi connectivity index (χ3v) is 13.1. The monoisotopic (exact) mass is 389 g/mol. The van der Waals surface area contributed by atoms with Gasteiger partial charge in [0, 0.05) is 16.3 Å². The summed E-state index contributed by atoms with van der Waals surface area (Å²) in [7, 11) is -2.31. The lowest BCUT2D eigenvalue weighted by Crippen LogP contribution is -2.70. The number of pyridine rings is 1. The van der Waals surface area contributed by atoms with E-state index in [9.17, 15) is 0 Å². The van der Waals surface area contributed by atoms with Crippen molar-refractivity contribution in [1.82, 2.24) is 4.98 Å². The topological polar surface area (TPSA) is 12.9 Å². The number of hydrogen-bond donors (Lipinski definition) is 0. The van der Waals surface area contributed by atoms with E-state index in [0.717, 1.165) is 0 Å². The van der Waals surface area contributed by atoms with Crippen LogP contribution in [0.2, 0.25) is 0 Å². The second kappa shape index (κ2) is 5.07. The maximum absolute atomic E-state index is 5.01. The first kappa shape index (κ1) is 15.0. The standard InChI is InChI=1S/C25H15NSSi/c1-2-8-17-16(7-1)15-26-23-20-13-14-27-25(20)28(24(17)23)21-11-5-3-9-18(21)19-10-4-6-12-22(19)28/h1-15H. The lowest BCUT2D eigenvalue weighted by molar-refractivity contribution is 1.39. The van der Waals surface area contributed by atoms with Crippen LogP contribution >= 0.6 is 11.3 Å². The van der Waals surface area contributed by atoms with E-state index in [1.54, 1.807) is 4.50 Å². The van der Waals surface area contributed by atoms with Gasteiger partial charge in [-0.1, -0.05) is 72.8 Å². The number of thiophene rings is 1. The van der Waals surface area contributed by atoms with Crippen molar-refractivity contribution in [3.05, 3.63) is 90.4 Å². The van der Waals surface area contributed by atoms with Crippen molar-refractivity contribution in [3.8, 4) is 22.4 Å². The molecule has 7 rings (SSSR count). The first-order valence-corrected chi connectivity index (χ1v) is 12.4. The van der Waals surface area contributed by atoms with E-state index in [4.69, 9.17) is 4.98 Å². The van der Waals surface area contributed by atoms with Gasteiger partial charge >= 0.3 is 0 Å². The highest BCUT2D eigenvalue weighted by molar-refractivity contribution is 7.39. The van der Waals surface area contributed by atoms with Gasteiger partial charge in [0.05, 0.1) is 5.69 Å². The molecule has 3 aromatic carbocycles. The maximum Gasteiger partial charge on any atom is 0.196 e. The Labute approximate surface area is 168 Å². The summed E-state index contributed by atoms with van der Waals surface area (Å²) in [5.41, 5.74) is 5.37. The molecule has 1 spiro atoms. The van der Waals surface area contributed by atoms with Crippen LogP contribution in [-0.2, 0) is 0 Å². The molecule has 5 aromatic rings. The summed E-state index contributed by atoms with van der Waals surface area (Å²) in [5.74, 6) is 0. The van der Waals surface area contributed by atoms with Crippen molar-refractivity contribution in [2.24, 2.45) is 0 Å². The second-order valence-electron chi connectivity index (χ2n) is 7.57. The molecule has 0 N–H and O–H groups in total. The predicted octanol–water partition coefficient (Wildman–Crippen LogP) is 3.63. The highest BCUT2D eigenvalue weighted by Gasteiger charge is 2.56. The lowest BCUT2D eigenvalue weighted by atomic mass is 10.1. The smallest absolute Gasteiger partial charge is 0.196 e. The number of rotatable bonds is 0. The van der Waals surface area contributed by atoms with E-state index >= 15 is 0 Å². The summed E-state index contributed by atoms with van der Waals surface area (Å²) in [6, 6.07) is 29.2. The highest BCUT2D eigenvalue weighted by Crippen LogP contribution is 2.38. The summed E-state index contributed by atoms with van der Waals surface area (Å²) >= 11 is 1.92. The van der Waals surface area contributed by atoms with Gasteiger partial charge in [-0.15, -0.1) is 0 Å². The fourth-order valence-electron chi connectivity index (χ4n) is 5.40. The van der Waals surface area contributed by atoms with E-state index in [2.05, 4.69) is 90.4 Å². The summed E-state index contributed by atoms with van der Waals surface area (Å²) in [6.07, 6.45) is 2.05. The Balaban J connectivity index is 1.78. The van der Waals surface area contributed by atoms with Crippen molar-refractivity contribution in [1.29, 1.82) is 0 Å². The largest absolute Gasteiger partial charge is 0.256 e. The molecule has 0 bridgehead atoms. The molecule has 2 aromatic heterocycles. The average Bonchev–Trinajstić information content (AvgIpc) is 3.42. The molecule has 0 saturated carbocycles. The van der Waals surface area contributed by atoms with Crippen molar-refractivity contribution in [3.63, 3.8) is 0 Å². The predicted molar refractivity (Wildman–Crippen MR) is 121 cm³/mol. The third-order valence-electron chi connectivity index (χ3n) is 6.39. The molecule has 1 nitrogen and oxygen atoms in total. The highest BCUT2D eigenvalue weighted by atomic mass is 32.1. The summed E-state index contributed by atoms with van der Waals surface area (Å²) in [6.45, 7) is 0. The molecule has 2 aliphatic rings. The van der Waals surface area contributed by atoms with Crippen molar-refractivity contribution in [2.75, 3.05) is 0 Å². The van der Waals surface area contributed by atoms with Crippen molar-refractivity contribution < 1.29 is 0 Å². The Morgan fingerprint density at radius 3 is 2.14 bits per heavy atom. The van der Waals surface area contributed by atoms with Crippen LogP contribution in [0.4, 0.5) is 0 Å². The number of hydrogen-bond acceptors (Lipinski definition) is 2. The van der Waals surface area contributed by atoms with E-state index in [-0.39, 0.29) is 0 Å². The van der Waals surface area contributed by atoms with E-state index in [1.807, 2.05) is 11.3 Å². The second-order valence-corrected chi connectivity index (χ2v) is 12.4. The quantitative estimate of drug-likeness (QED) is 0.361. The molecule has 28 heavy (non-hydrogen) atoms. The fraction of sp³-hybridized carbons (Fsp3) is 0. The number of fused-ring (bicyclic) bond motifs is 12. The van der Waals surface area contributed by atoms with Crippen LogP contribution in [0.15, 0.2) is 90.4 Å². The molecule has 0 unspecified atom stereocenters. The molecule has 0 atom stereocenters. The molecule has 0 aliphatic carbocycles. The van der Waals surface area contributed by atoms with Gasteiger partial charge in [-0.3, -0.25) is 4.98 Å². The SMILES string of the molecule is c1ccc2c(c1)-c1ccccc1[Si]21c2sccc2-c2ncc3ccccc3c21. The molecular formula is C25H15NSSi. The van der Waals surface area contributed by atoms with Crippen LogP contribution in [0.3, 0.4) is 0 Å². The molecule has 0 radical (unpaired) electrons. The molecule has 2 aliphatic heterocycles.